The number of benzene rings is 1. The summed E-state index contributed by atoms with van der Waals surface area (Å²) in [6.45, 7) is 5.05. The van der Waals surface area contributed by atoms with E-state index in [2.05, 4.69) is 19.2 Å². The van der Waals surface area contributed by atoms with Crippen molar-refractivity contribution in [2.24, 2.45) is 11.3 Å². The fraction of sp³-hybridized carbons (Fsp3) is 0.588. The molecule has 1 aromatic rings. The minimum Gasteiger partial charge on any atom is -0.399 e. The summed E-state index contributed by atoms with van der Waals surface area (Å²) in [5, 5.41) is 2.93. The summed E-state index contributed by atoms with van der Waals surface area (Å²) in [6, 6.07) is 4.19. The highest BCUT2D eigenvalue weighted by Gasteiger charge is 2.34. The number of nitrogen functional groups attached to an aromatic ring is 1. The molecule has 1 saturated carbocycles. The molecule has 1 aromatic carbocycles. The molecule has 0 saturated heterocycles. The first-order valence-electron chi connectivity index (χ1n) is 7.75. The van der Waals surface area contributed by atoms with Crippen molar-refractivity contribution < 1.29 is 9.18 Å². The molecule has 0 unspecified atom stereocenters. The Morgan fingerprint density at radius 2 is 2.05 bits per heavy atom. The number of hydrogen-bond acceptors (Lipinski definition) is 2. The Morgan fingerprint density at radius 1 is 1.38 bits per heavy atom. The minimum atomic E-state index is -0.558. The average molecular weight is 292 g/mol. The molecule has 1 aliphatic rings. The van der Waals surface area contributed by atoms with Crippen LogP contribution in [-0.4, -0.2) is 12.5 Å². The van der Waals surface area contributed by atoms with Crippen molar-refractivity contribution in [3.05, 3.63) is 29.6 Å². The molecule has 0 heterocycles. The van der Waals surface area contributed by atoms with Crippen LogP contribution >= 0.6 is 0 Å². The van der Waals surface area contributed by atoms with Crippen molar-refractivity contribution >= 4 is 11.6 Å². The molecular weight excluding hydrogens is 267 g/mol. The molecule has 0 aromatic heterocycles. The van der Waals surface area contributed by atoms with Gasteiger partial charge in [-0.1, -0.05) is 26.7 Å². The van der Waals surface area contributed by atoms with Gasteiger partial charge in [0.25, 0.3) is 5.91 Å². The van der Waals surface area contributed by atoms with Crippen LogP contribution in [-0.2, 0) is 0 Å². The summed E-state index contributed by atoms with van der Waals surface area (Å²) in [4.78, 5) is 12.2. The Morgan fingerprint density at radius 3 is 2.62 bits per heavy atom. The highest BCUT2D eigenvalue weighted by atomic mass is 19.1. The van der Waals surface area contributed by atoms with Crippen LogP contribution in [0.4, 0.5) is 10.1 Å². The third-order valence-electron chi connectivity index (χ3n) is 4.37. The zero-order valence-corrected chi connectivity index (χ0v) is 12.9. The lowest BCUT2D eigenvalue weighted by molar-refractivity contribution is 0.0918. The van der Waals surface area contributed by atoms with E-state index in [9.17, 15) is 9.18 Å². The number of carbonyl (C=O) groups is 1. The lowest BCUT2D eigenvalue weighted by Crippen LogP contribution is -2.37. The van der Waals surface area contributed by atoms with Crippen LogP contribution in [0.3, 0.4) is 0 Å². The van der Waals surface area contributed by atoms with Crippen LogP contribution in [0.25, 0.3) is 0 Å². The van der Waals surface area contributed by atoms with E-state index >= 15 is 0 Å². The molecular formula is C17H25FN2O. The number of hydrogen-bond donors (Lipinski definition) is 2. The predicted molar refractivity (Wildman–Crippen MR) is 83.5 cm³/mol. The second kappa shape index (κ2) is 6.46. The van der Waals surface area contributed by atoms with E-state index in [1.165, 1.54) is 25.0 Å². The maximum Gasteiger partial charge on any atom is 0.254 e. The number of carbonyl (C=O) groups excluding carboxylic acids is 1. The third-order valence-corrected chi connectivity index (χ3v) is 4.37. The molecule has 0 bridgehead atoms. The first kappa shape index (κ1) is 15.8. The fourth-order valence-electron chi connectivity index (χ4n) is 3.52. The van der Waals surface area contributed by atoms with E-state index in [1.807, 2.05) is 0 Å². The summed E-state index contributed by atoms with van der Waals surface area (Å²) in [5.41, 5.74) is 6.09. The zero-order valence-electron chi connectivity index (χ0n) is 12.9. The molecule has 116 valence electrons. The Bertz CT molecular complexity index is 508. The lowest BCUT2D eigenvalue weighted by Gasteiger charge is -2.31. The topological polar surface area (TPSA) is 55.1 Å². The summed E-state index contributed by atoms with van der Waals surface area (Å²) in [6.07, 6.45) is 5.85. The van der Waals surface area contributed by atoms with Crippen LogP contribution in [0.2, 0.25) is 0 Å². The summed E-state index contributed by atoms with van der Waals surface area (Å²) in [5.74, 6) is -0.298. The quantitative estimate of drug-likeness (QED) is 0.812. The Kier molecular flexibility index (Phi) is 4.86. The number of halogens is 1. The second-order valence-electron chi connectivity index (χ2n) is 6.73. The van der Waals surface area contributed by atoms with Gasteiger partial charge in [-0.05, 0) is 48.8 Å². The molecule has 21 heavy (non-hydrogen) atoms. The Balaban J connectivity index is 2.02. The van der Waals surface area contributed by atoms with Gasteiger partial charge in [0, 0.05) is 12.2 Å². The smallest absolute Gasteiger partial charge is 0.254 e. The first-order chi connectivity index (χ1) is 9.92. The average Bonchev–Trinajstić information content (AvgIpc) is 2.84. The van der Waals surface area contributed by atoms with Crippen LogP contribution in [0.1, 0.15) is 56.3 Å². The molecule has 1 amide bonds. The van der Waals surface area contributed by atoms with Gasteiger partial charge in [-0.15, -0.1) is 0 Å². The van der Waals surface area contributed by atoms with E-state index in [-0.39, 0.29) is 16.9 Å². The van der Waals surface area contributed by atoms with Crippen LogP contribution < -0.4 is 11.1 Å². The maximum absolute atomic E-state index is 13.8. The van der Waals surface area contributed by atoms with Crippen LogP contribution in [0.15, 0.2) is 18.2 Å². The summed E-state index contributed by atoms with van der Waals surface area (Å²) >= 11 is 0. The van der Waals surface area contributed by atoms with Gasteiger partial charge < -0.3 is 11.1 Å². The van der Waals surface area contributed by atoms with Crippen molar-refractivity contribution in [1.29, 1.82) is 0 Å². The molecule has 0 atom stereocenters. The van der Waals surface area contributed by atoms with Gasteiger partial charge in [0.05, 0.1) is 5.56 Å². The first-order valence-corrected chi connectivity index (χ1v) is 7.75. The number of anilines is 1. The molecule has 3 N–H and O–H groups in total. The third kappa shape index (κ3) is 3.96. The van der Waals surface area contributed by atoms with E-state index in [4.69, 9.17) is 5.73 Å². The standard InChI is InChI=1S/C17H25FN2O/c1-12(2)10-17(7-3-4-8-17)11-20-16(21)14-6-5-13(19)9-15(14)18/h5-6,9,12H,3-4,7-8,10-11,19H2,1-2H3,(H,20,21). The van der Waals surface area contributed by atoms with E-state index < -0.39 is 5.82 Å². The van der Waals surface area contributed by atoms with E-state index in [1.54, 1.807) is 6.07 Å². The maximum atomic E-state index is 13.8. The predicted octanol–water partition coefficient (Wildman–Crippen LogP) is 3.74. The van der Waals surface area contributed by atoms with Gasteiger partial charge in [-0.2, -0.15) is 0 Å². The molecule has 2 rings (SSSR count). The van der Waals surface area contributed by atoms with Crippen molar-refractivity contribution in [3.8, 4) is 0 Å². The molecule has 1 fully saturated rings. The largest absolute Gasteiger partial charge is 0.399 e. The highest BCUT2D eigenvalue weighted by molar-refractivity contribution is 5.94. The fourth-order valence-corrected chi connectivity index (χ4v) is 3.52. The van der Waals surface area contributed by atoms with Crippen molar-refractivity contribution in [2.45, 2.75) is 46.0 Å². The molecule has 4 heteroatoms. The minimum absolute atomic E-state index is 0.0712. The number of rotatable bonds is 5. The van der Waals surface area contributed by atoms with E-state index in [0.29, 0.717) is 18.2 Å². The second-order valence-corrected chi connectivity index (χ2v) is 6.73. The lowest BCUT2D eigenvalue weighted by atomic mass is 9.78. The number of nitrogens with two attached hydrogens (primary N) is 1. The SMILES string of the molecule is CC(C)CC1(CNC(=O)c2ccc(N)cc2F)CCCC1. The van der Waals surface area contributed by atoms with Gasteiger partial charge in [0.2, 0.25) is 0 Å². The zero-order chi connectivity index (χ0) is 15.5. The summed E-state index contributed by atoms with van der Waals surface area (Å²) < 4.78 is 13.8. The van der Waals surface area contributed by atoms with Gasteiger partial charge in [-0.3, -0.25) is 4.79 Å². The molecule has 0 spiro atoms. The monoisotopic (exact) mass is 292 g/mol. The Labute approximate surface area is 126 Å². The molecule has 0 radical (unpaired) electrons. The van der Waals surface area contributed by atoms with E-state index in [0.717, 1.165) is 19.3 Å². The van der Waals surface area contributed by atoms with Crippen LogP contribution in [0.5, 0.6) is 0 Å². The van der Waals surface area contributed by atoms with Gasteiger partial charge in [0.1, 0.15) is 5.82 Å². The van der Waals surface area contributed by atoms with Crippen molar-refractivity contribution in [2.75, 3.05) is 12.3 Å². The van der Waals surface area contributed by atoms with Gasteiger partial charge >= 0.3 is 0 Å². The van der Waals surface area contributed by atoms with Gasteiger partial charge in [-0.25, -0.2) is 4.39 Å². The number of nitrogens with one attached hydrogen (secondary N) is 1. The summed E-state index contributed by atoms with van der Waals surface area (Å²) in [7, 11) is 0. The van der Waals surface area contributed by atoms with Crippen LogP contribution in [0, 0.1) is 17.2 Å². The Hall–Kier alpha value is -1.58. The molecule has 3 nitrogen and oxygen atoms in total. The normalized spacial score (nSPS) is 17.1. The van der Waals surface area contributed by atoms with Crippen molar-refractivity contribution in [1.82, 2.24) is 5.32 Å². The van der Waals surface area contributed by atoms with Crippen molar-refractivity contribution in [3.63, 3.8) is 0 Å². The molecule has 0 aliphatic heterocycles. The number of amides is 1. The highest BCUT2D eigenvalue weighted by Crippen LogP contribution is 2.42. The molecule has 1 aliphatic carbocycles. The van der Waals surface area contributed by atoms with Gasteiger partial charge in [0.15, 0.2) is 0 Å².